The van der Waals surface area contributed by atoms with E-state index in [1.54, 1.807) is 6.20 Å². The third-order valence-corrected chi connectivity index (χ3v) is 7.47. The van der Waals surface area contributed by atoms with Gasteiger partial charge in [0.2, 0.25) is 0 Å². The molecule has 8 heteroatoms. The largest absolute Gasteiger partial charge is 0.482 e. The standard InChI is InChI=1S/C26H33Cl2N5O/c1-16-6-7-21(27)23(24(16)28)17(2)34-22-12-18(13-30-25(22)29)19-14-31-33(15-19)20-8-10-32(11-9-20)26(3,4)5/h6-7,12-15,17,20H,8-11H2,1-5H3,(H2,29,30)/t17-/m0/s1. The summed E-state index contributed by atoms with van der Waals surface area (Å²) in [6.07, 6.45) is 7.50. The van der Waals surface area contributed by atoms with Gasteiger partial charge in [-0.25, -0.2) is 4.98 Å². The molecule has 0 radical (unpaired) electrons. The van der Waals surface area contributed by atoms with E-state index in [0.29, 0.717) is 27.7 Å². The maximum Gasteiger partial charge on any atom is 0.166 e. The Bertz CT molecular complexity index is 1160. The van der Waals surface area contributed by atoms with E-state index in [-0.39, 0.29) is 5.54 Å². The summed E-state index contributed by atoms with van der Waals surface area (Å²) in [6, 6.07) is 6.02. The van der Waals surface area contributed by atoms with Crippen LogP contribution in [-0.4, -0.2) is 38.3 Å². The molecule has 1 atom stereocenters. The number of nitrogens with zero attached hydrogens (tertiary/aromatic N) is 4. The van der Waals surface area contributed by atoms with Gasteiger partial charge in [0.15, 0.2) is 11.6 Å². The molecule has 3 aromatic rings. The summed E-state index contributed by atoms with van der Waals surface area (Å²) in [4.78, 5) is 6.90. The van der Waals surface area contributed by atoms with Crippen molar-refractivity contribution in [1.29, 1.82) is 0 Å². The molecule has 1 aliphatic heterocycles. The SMILES string of the molecule is Cc1ccc(Cl)c([C@H](C)Oc2cc(-c3cnn(C4CCN(C(C)(C)C)CC4)c3)cnc2N)c1Cl. The lowest BCUT2D eigenvalue weighted by atomic mass is 9.98. The second-order valence-electron chi connectivity index (χ2n) is 10.1. The van der Waals surface area contributed by atoms with Gasteiger partial charge in [0, 0.05) is 52.7 Å². The lowest BCUT2D eigenvalue weighted by Crippen LogP contribution is -2.46. The molecule has 2 aromatic heterocycles. The van der Waals surface area contributed by atoms with Crippen LogP contribution in [0, 0.1) is 6.92 Å². The molecule has 1 aliphatic rings. The van der Waals surface area contributed by atoms with Crippen molar-refractivity contribution >= 4 is 29.0 Å². The third kappa shape index (κ3) is 5.19. The Labute approximate surface area is 212 Å². The van der Waals surface area contributed by atoms with Gasteiger partial charge < -0.3 is 10.5 Å². The van der Waals surface area contributed by atoms with Crippen LogP contribution in [-0.2, 0) is 0 Å². The highest BCUT2D eigenvalue weighted by Gasteiger charge is 2.28. The van der Waals surface area contributed by atoms with Gasteiger partial charge >= 0.3 is 0 Å². The summed E-state index contributed by atoms with van der Waals surface area (Å²) in [5, 5.41) is 5.82. The second-order valence-corrected chi connectivity index (χ2v) is 10.8. The van der Waals surface area contributed by atoms with E-state index in [4.69, 9.17) is 33.7 Å². The van der Waals surface area contributed by atoms with Gasteiger partial charge in [-0.05, 0) is 65.2 Å². The van der Waals surface area contributed by atoms with E-state index in [2.05, 4.69) is 46.6 Å². The van der Waals surface area contributed by atoms with Crippen molar-refractivity contribution in [3.8, 4) is 16.9 Å². The van der Waals surface area contributed by atoms with Crippen molar-refractivity contribution in [2.45, 2.75) is 65.1 Å². The molecule has 0 aliphatic carbocycles. The van der Waals surface area contributed by atoms with Crippen LogP contribution < -0.4 is 10.5 Å². The van der Waals surface area contributed by atoms with Crippen molar-refractivity contribution in [3.63, 3.8) is 0 Å². The van der Waals surface area contributed by atoms with E-state index in [1.807, 2.05) is 38.2 Å². The molecule has 1 saturated heterocycles. The van der Waals surface area contributed by atoms with Gasteiger partial charge in [0.25, 0.3) is 0 Å². The number of hydrogen-bond donors (Lipinski definition) is 1. The Morgan fingerprint density at radius 1 is 1.12 bits per heavy atom. The van der Waals surface area contributed by atoms with Gasteiger partial charge in [-0.3, -0.25) is 9.58 Å². The molecule has 1 aromatic carbocycles. The minimum atomic E-state index is -0.394. The zero-order valence-corrected chi connectivity index (χ0v) is 22.0. The minimum absolute atomic E-state index is 0.205. The van der Waals surface area contributed by atoms with Gasteiger partial charge in [0.1, 0.15) is 6.10 Å². The quantitative estimate of drug-likeness (QED) is 0.420. The monoisotopic (exact) mass is 501 g/mol. The number of nitrogens with two attached hydrogens (primary N) is 1. The first-order valence-electron chi connectivity index (χ1n) is 11.7. The van der Waals surface area contributed by atoms with E-state index in [0.717, 1.165) is 48.2 Å². The number of ether oxygens (including phenoxy) is 1. The Kier molecular flexibility index (Phi) is 7.13. The number of hydrogen-bond acceptors (Lipinski definition) is 5. The molecule has 0 spiro atoms. The molecular formula is C26H33Cl2N5O. The van der Waals surface area contributed by atoms with E-state index in [9.17, 15) is 0 Å². The van der Waals surface area contributed by atoms with Gasteiger partial charge in [-0.2, -0.15) is 5.10 Å². The number of pyridine rings is 1. The van der Waals surface area contributed by atoms with Crippen molar-refractivity contribution in [2.75, 3.05) is 18.8 Å². The van der Waals surface area contributed by atoms with Crippen LogP contribution in [0.5, 0.6) is 5.75 Å². The normalized spacial score (nSPS) is 16.6. The molecule has 0 saturated carbocycles. The molecule has 182 valence electrons. The van der Waals surface area contributed by atoms with Crippen LogP contribution >= 0.6 is 23.2 Å². The summed E-state index contributed by atoms with van der Waals surface area (Å²) in [5.74, 6) is 0.808. The molecule has 0 unspecified atom stereocenters. The fourth-order valence-corrected chi connectivity index (χ4v) is 5.17. The van der Waals surface area contributed by atoms with Gasteiger partial charge in [-0.15, -0.1) is 0 Å². The number of rotatable bonds is 5. The fraction of sp³-hybridized carbons (Fsp3) is 0.462. The first kappa shape index (κ1) is 24.8. The number of nitrogen functional groups attached to an aromatic ring is 1. The second kappa shape index (κ2) is 9.76. The molecule has 6 nitrogen and oxygen atoms in total. The average molecular weight is 502 g/mol. The predicted molar refractivity (Wildman–Crippen MR) is 140 cm³/mol. The molecular weight excluding hydrogens is 469 g/mol. The van der Waals surface area contributed by atoms with Crippen molar-refractivity contribution in [3.05, 3.63) is 58.0 Å². The predicted octanol–water partition coefficient (Wildman–Crippen LogP) is 6.72. The van der Waals surface area contributed by atoms with Crippen molar-refractivity contribution < 1.29 is 4.74 Å². The van der Waals surface area contributed by atoms with E-state index < -0.39 is 6.10 Å². The minimum Gasteiger partial charge on any atom is -0.482 e. The number of aryl methyl sites for hydroxylation is 1. The highest BCUT2D eigenvalue weighted by molar-refractivity contribution is 6.36. The summed E-state index contributed by atoms with van der Waals surface area (Å²) < 4.78 is 8.27. The number of likely N-dealkylation sites (tertiary alicyclic amines) is 1. The number of aromatic nitrogens is 3. The van der Waals surface area contributed by atoms with Crippen LogP contribution in [0.1, 0.15) is 63.8 Å². The van der Waals surface area contributed by atoms with Crippen molar-refractivity contribution in [2.24, 2.45) is 0 Å². The summed E-state index contributed by atoms with van der Waals surface area (Å²) >= 11 is 12.9. The molecule has 0 bridgehead atoms. The van der Waals surface area contributed by atoms with Crippen LogP contribution in [0.4, 0.5) is 5.82 Å². The Hall–Kier alpha value is -2.28. The molecule has 3 heterocycles. The van der Waals surface area contributed by atoms with E-state index in [1.165, 1.54) is 0 Å². The summed E-state index contributed by atoms with van der Waals surface area (Å²) in [5.41, 5.74) is 9.91. The molecule has 4 rings (SSSR count). The summed E-state index contributed by atoms with van der Waals surface area (Å²) in [6.45, 7) is 12.8. The smallest absolute Gasteiger partial charge is 0.166 e. The van der Waals surface area contributed by atoms with Gasteiger partial charge in [0.05, 0.1) is 17.3 Å². The third-order valence-electron chi connectivity index (χ3n) is 6.63. The van der Waals surface area contributed by atoms with Crippen LogP contribution in [0.25, 0.3) is 11.1 Å². The van der Waals surface area contributed by atoms with Crippen molar-refractivity contribution in [1.82, 2.24) is 19.7 Å². The number of halogens is 2. The summed E-state index contributed by atoms with van der Waals surface area (Å²) in [7, 11) is 0. The molecule has 2 N–H and O–H groups in total. The zero-order valence-electron chi connectivity index (χ0n) is 20.5. The zero-order chi connectivity index (χ0) is 24.6. The number of piperidine rings is 1. The first-order valence-corrected chi connectivity index (χ1v) is 12.5. The maximum atomic E-state index is 6.51. The first-order chi connectivity index (χ1) is 16.0. The van der Waals surface area contributed by atoms with Crippen LogP contribution in [0.2, 0.25) is 10.0 Å². The lowest BCUT2D eigenvalue weighted by molar-refractivity contribution is 0.0870. The Morgan fingerprint density at radius 2 is 1.82 bits per heavy atom. The Balaban J connectivity index is 1.51. The van der Waals surface area contributed by atoms with Gasteiger partial charge in [-0.1, -0.05) is 29.3 Å². The molecule has 34 heavy (non-hydrogen) atoms. The van der Waals surface area contributed by atoms with E-state index >= 15 is 0 Å². The highest BCUT2D eigenvalue weighted by atomic mass is 35.5. The van der Waals surface area contributed by atoms with Crippen LogP contribution in [0.3, 0.4) is 0 Å². The maximum absolute atomic E-state index is 6.51. The average Bonchev–Trinajstić information content (AvgIpc) is 3.28. The van der Waals surface area contributed by atoms with Crippen LogP contribution in [0.15, 0.2) is 36.8 Å². The number of anilines is 1. The number of benzene rings is 1. The molecule has 1 fully saturated rings. The fourth-order valence-electron chi connectivity index (χ4n) is 4.50. The molecule has 0 amide bonds. The Morgan fingerprint density at radius 3 is 2.50 bits per heavy atom. The highest BCUT2D eigenvalue weighted by Crippen LogP contribution is 2.37. The lowest BCUT2D eigenvalue weighted by Gasteiger charge is -2.40. The topological polar surface area (TPSA) is 69.2 Å².